The van der Waals surface area contributed by atoms with Crippen molar-refractivity contribution in [1.82, 2.24) is 4.90 Å². The summed E-state index contributed by atoms with van der Waals surface area (Å²) in [7, 11) is 0.941. The van der Waals surface area contributed by atoms with Crippen LogP contribution in [0, 0.1) is 5.92 Å². The Morgan fingerprint density at radius 3 is 2.50 bits per heavy atom. The first-order valence-electron chi connectivity index (χ1n) is 17.6. The molecule has 4 aliphatic heterocycles. The molecular formula is C39H46N4O6Si. The summed E-state index contributed by atoms with van der Waals surface area (Å²) in [5.41, 5.74) is 2.29. The number of anilines is 2. The molecule has 3 aromatic carbocycles. The molecule has 1 spiro atoms. The molecule has 5 atom stereocenters. The normalized spacial score (nSPS) is 26.5. The number of rotatable bonds is 8. The van der Waals surface area contributed by atoms with Gasteiger partial charge >= 0.3 is 0 Å². The van der Waals surface area contributed by atoms with Crippen LogP contribution in [0.5, 0.6) is 5.75 Å². The Bertz CT molecular complexity index is 1830. The van der Waals surface area contributed by atoms with Gasteiger partial charge in [0.15, 0.2) is 5.60 Å². The van der Waals surface area contributed by atoms with Crippen LogP contribution >= 0.6 is 0 Å². The maximum Gasteiger partial charge on any atom is 0.264 e. The lowest BCUT2D eigenvalue weighted by molar-refractivity contribution is -0.149. The summed E-state index contributed by atoms with van der Waals surface area (Å²) in [6.45, 7) is 7.19. The lowest BCUT2D eigenvalue weighted by Crippen LogP contribution is -2.52. The van der Waals surface area contributed by atoms with Crippen LogP contribution in [0.3, 0.4) is 0 Å². The number of hydrazone groups is 1. The van der Waals surface area contributed by atoms with Gasteiger partial charge in [0.1, 0.15) is 5.75 Å². The number of amides is 3. The molecule has 2 fully saturated rings. The third kappa shape index (κ3) is 5.46. The highest BCUT2D eigenvalue weighted by Crippen LogP contribution is 2.60. The van der Waals surface area contributed by atoms with Crippen LogP contribution < -0.4 is 19.8 Å². The van der Waals surface area contributed by atoms with Gasteiger partial charge in [-0.1, -0.05) is 67.7 Å². The number of aliphatic hydroxyl groups is 1. The summed E-state index contributed by atoms with van der Waals surface area (Å²) in [5, 5.41) is 17.5. The van der Waals surface area contributed by atoms with Gasteiger partial charge in [-0.3, -0.25) is 14.4 Å². The van der Waals surface area contributed by atoms with E-state index >= 15 is 0 Å². The monoisotopic (exact) mass is 694 g/mol. The smallest absolute Gasteiger partial charge is 0.264 e. The predicted molar refractivity (Wildman–Crippen MR) is 196 cm³/mol. The highest BCUT2D eigenvalue weighted by atomic mass is 28.3. The van der Waals surface area contributed by atoms with Crippen molar-refractivity contribution in [1.29, 1.82) is 0 Å². The molecule has 0 bridgehead atoms. The summed E-state index contributed by atoms with van der Waals surface area (Å²) in [6.07, 6.45) is 2.05. The first-order chi connectivity index (χ1) is 24.0. The van der Waals surface area contributed by atoms with Crippen molar-refractivity contribution in [3.8, 4) is 5.75 Å². The van der Waals surface area contributed by atoms with Gasteiger partial charge in [-0.15, -0.1) is 0 Å². The average molecular weight is 695 g/mol. The standard InChI is InChI=1S/C39H46N4O6Si/c1-25-37(50(4,5)30-16-14-29(48-3)15-17-30)34(23-36(46)42-21-9-12-28(42)24-44)49-39(25)31-22-27(13-19-33(31)41(2)38(39)47)43-35(45)20-18-32(40-43)26-10-7-6-8-11-26/h6-8,10-11,13-17,19,22,25,28,34,37,44H,9,12,18,20-21,23-24H2,1-5H3/t25-,28+,34+,37-,39+/m1/s1. The Balaban J connectivity index is 1.32. The van der Waals surface area contributed by atoms with Crippen molar-refractivity contribution in [2.45, 2.75) is 75.4 Å². The molecule has 4 aliphatic rings. The molecule has 0 aliphatic carbocycles. The molecule has 7 rings (SSSR count). The fourth-order valence-electron chi connectivity index (χ4n) is 8.97. The quantitative estimate of drug-likeness (QED) is 0.340. The zero-order chi connectivity index (χ0) is 35.4. The highest BCUT2D eigenvalue weighted by molar-refractivity contribution is 6.91. The van der Waals surface area contributed by atoms with Crippen LogP contribution in [0.15, 0.2) is 77.9 Å². The molecule has 11 heteroatoms. The number of nitrogens with zero attached hydrogens (tertiary/aromatic N) is 4. The maximum absolute atomic E-state index is 14.6. The van der Waals surface area contributed by atoms with Crippen molar-refractivity contribution < 1.29 is 29.0 Å². The lowest BCUT2D eigenvalue weighted by Gasteiger charge is -2.37. The van der Waals surface area contributed by atoms with E-state index in [0.717, 1.165) is 35.6 Å². The minimum atomic E-state index is -2.47. The van der Waals surface area contributed by atoms with E-state index in [4.69, 9.17) is 14.6 Å². The third-order valence-corrected chi connectivity index (χ3v) is 16.0. The second kappa shape index (κ2) is 13.1. The Morgan fingerprint density at radius 1 is 1.06 bits per heavy atom. The molecule has 4 heterocycles. The van der Waals surface area contributed by atoms with Crippen LogP contribution in [0.4, 0.5) is 11.4 Å². The highest BCUT2D eigenvalue weighted by Gasteiger charge is 2.66. The van der Waals surface area contributed by atoms with E-state index in [0.29, 0.717) is 30.6 Å². The summed E-state index contributed by atoms with van der Waals surface area (Å²) in [5.74, 6) is 0.110. The molecule has 0 aromatic heterocycles. The van der Waals surface area contributed by atoms with E-state index < -0.39 is 19.8 Å². The molecule has 0 radical (unpaired) electrons. The number of benzene rings is 3. The summed E-state index contributed by atoms with van der Waals surface area (Å²) < 4.78 is 12.6. The minimum absolute atomic E-state index is 0.0604. The average Bonchev–Trinajstić information content (AvgIpc) is 3.79. The molecule has 50 heavy (non-hydrogen) atoms. The minimum Gasteiger partial charge on any atom is -0.497 e. The molecule has 3 amide bonds. The number of methoxy groups -OCH3 is 1. The van der Waals surface area contributed by atoms with Gasteiger partial charge in [0.25, 0.3) is 5.91 Å². The molecule has 3 aromatic rings. The zero-order valence-electron chi connectivity index (χ0n) is 29.5. The third-order valence-electron chi connectivity index (χ3n) is 11.6. The Kier molecular flexibility index (Phi) is 8.94. The van der Waals surface area contributed by atoms with Crippen LogP contribution in [-0.2, 0) is 24.7 Å². The van der Waals surface area contributed by atoms with E-state index in [9.17, 15) is 19.5 Å². The summed E-state index contributed by atoms with van der Waals surface area (Å²) in [6, 6.07) is 23.4. The Morgan fingerprint density at radius 2 is 1.80 bits per heavy atom. The molecular weight excluding hydrogens is 649 g/mol. The fourth-order valence-corrected chi connectivity index (χ4v) is 13.0. The topological polar surface area (TPSA) is 112 Å². The van der Waals surface area contributed by atoms with Gasteiger partial charge in [-0.25, -0.2) is 5.01 Å². The van der Waals surface area contributed by atoms with E-state index in [1.165, 1.54) is 10.2 Å². The number of aliphatic hydroxyl groups excluding tert-OH is 1. The van der Waals surface area contributed by atoms with E-state index in [-0.39, 0.29) is 48.3 Å². The molecule has 262 valence electrons. The first-order valence-corrected chi connectivity index (χ1v) is 20.7. The molecule has 0 unspecified atom stereocenters. The van der Waals surface area contributed by atoms with E-state index in [1.807, 2.05) is 60.7 Å². The lowest BCUT2D eigenvalue weighted by atomic mass is 9.82. The van der Waals surface area contributed by atoms with Gasteiger partial charge < -0.3 is 24.4 Å². The van der Waals surface area contributed by atoms with Gasteiger partial charge in [-0.2, -0.15) is 5.10 Å². The number of carbonyl (C=O) groups excluding carboxylic acids is 3. The van der Waals surface area contributed by atoms with Gasteiger partial charge in [0.2, 0.25) is 11.8 Å². The van der Waals surface area contributed by atoms with Crippen molar-refractivity contribution in [2.24, 2.45) is 11.0 Å². The number of likely N-dealkylation sites (N-methyl/N-ethyl adjacent to an activating group) is 1. The number of hydrogen-bond donors (Lipinski definition) is 1. The zero-order valence-corrected chi connectivity index (χ0v) is 30.5. The largest absolute Gasteiger partial charge is 0.497 e. The second-order valence-electron chi connectivity index (χ2n) is 14.6. The van der Waals surface area contributed by atoms with Crippen molar-refractivity contribution in [3.63, 3.8) is 0 Å². The number of ether oxygens (including phenoxy) is 2. The molecule has 0 saturated carbocycles. The summed E-state index contributed by atoms with van der Waals surface area (Å²) in [4.78, 5) is 45.4. The SMILES string of the molecule is COc1ccc([Si](C)(C)[C@H]2[C@H](CC(=O)N3CCC[C@H]3CO)O[C@@]3(C(=O)N(C)c4ccc(N5N=C(c6ccccc6)CCC5=O)cc43)[C@@H]2C)cc1. The Hall–Kier alpha value is -4.32. The van der Waals surface area contributed by atoms with Crippen LogP contribution in [-0.4, -0.2) is 81.0 Å². The second-order valence-corrected chi connectivity index (χ2v) is 19.3. The first kappa shape index (κ1) is 34.1. The number of hydrogen-bond acceptors (Lipinski definition) is 7. The van der Waals surface area contributed by atoms with Gasteiger partial charge in [-0.05, 0) is 54.3 Å². The summed E-state index contributed by atoms with van der Waals surface area (Å²) >= 11 is 0. The van der Waals surface area contributed by atoms with Gasteiger partial charge in [0.05, 0.1) is 57.4 Å². The van der Waals surface area contributed by atoms with Crippen molar-refractivity contribution in [2.75, 3.05) is 37.2 Å². The van der Waals surface area contributed by atoms with Crippen molar-refractivity contribution >= 4 is 48.1 Å². The van der Waals surface area contributed by atoms with E-state index in [1.54, 1.807) is 24.0 Å². The molecule has 10 nitrogen and oxygen atoms in total. The number of likely N-dealkylation sites (tertiary alicyclic amines) is 1. The number of fused-ring (bicyclic) bond motifs is 2. The molecule has 1 N–H and O–H groups in total. The van der Waals surface area contributed by atoms with Crippen LogP contribution in [0.1, 0.15) is 50.2 Å². The van der Waals surface area contributed by atoms with Crippen molar-refractivity contribution in [3.05, 3.63) is 83.9 Å². The molecule has 2 saturated heterocycles. The van der Waals surface area contributed by atoms with Crippen LogP contribution in [0.25, 0.3) is 0 Å². The predicted octanol–water partition coefficient (Wildman–Crippen LogP) is 4.79. The van der Waals surface area contributed by atoms with E-state index in [2.05, 4.69) is 32.2 Å². The Labute approximate surface area is 294 Å². The number of carbonyl (C=O) groups is 3. The van der Waals surface area contributed by atoms with Crippen LogP contribution in [0.2, 0.25) is 18.6 Å². The maximum atomic E-state index is 14.6. The fraction of sp³-hybridized carbons (Fsp3) is 0.436. The van der Waals surface area contributed by atoms with Gasteiger partial charge in [0, 0.05) is 37.9 Å².